The van der Waals surface area contributed by atoms with E-state index in [1.807, 2.05) is 12.1 Å². The van der Waals surface area contributed by atoms with Gasteiger partial charge in [0.2, 0.25) is 0 Å². The Morgan fingerprint density at radius 2 is 1.64 bits per heavy atom. The Labute approximate surface area is 151 Å². The van der Waals surface area contributed by atoms with Crippen LogP contribution in [-0.2, 0) is 11.3 Å². The Morgan fingerprint density at radius 1 is 0.960 bits per heavy atom. The molecule has 0 heterocycles. The molecule has 0 amide bonds. The second-order valence-corrected chi connectivity index (χ2v) is 7.37. The molecule has 2 heteroatoms. The van der Waals surface area contributed by atoms with Crippen LogP contribution < -0.4 is 0 Å². The molecule has 0 atom stereocenters. The van der Waals surface area contributed by atoms with E-state index in [4.69, 9.17) is 4.74 Å². The maximum Gasteiger partial charge on any atom is 0.129 e. The predicted octanol–water partition coefficient (Wildman–Crippen LogP) is 6.71. The van der Waals surface area contributed by atoms with Crippen molar-refractivity contribution in [2.45, 2.75) is 58.0 Å². The van der Waals surface area contributed by atoms with Crippen molar-refractivity contribution >= 4 is 0 Å². The first-order valence-electron chi connectivity index (χ1n) is 9.59. The summed E-state index contributed by atoms with van der Waals surface area (Å²) in [5.41, 5.74) is 4.05. The summed E-state index contributed by atoms with van der Waals surface area (Å²) in [6.45, 7) is 2.60. The number of rotatable bonds is 6. The van der Waals surface area contributed by atoms with E-state index in [1.54, 1.807) is 13.2 Å². The molecule has 1 nitrogen and oxygen atoms in total. The summed E-state index contributed by atoms with van der Waals surface area (Å²) in [5, 5.41) is 0. The van der Waals surface area contributed by atoms with Gasteiger partial charge in [0, 0.05) is 12.7 Å². The molecule has 134 valence electrons. The van der Waals surface area contributed by atoms with Crippen LogP contribution in [0, 0.1) is 11.7 Å². The first kappa shape index (κ1) is 18.1. The van der Waals surface area contributed by atoms with Gasteiger partial charge in [0.1, 0.15) is 5.82 Å². The van der Waals surface area contributed by atoms with Crippen molar-refractivity contribution in [2.75, 3.05) is 7.11 Å². The van der Waals surface area contributed by atoms with Gasteiger partial charge in [-0.05, 0) is 60.3 Å². The second-order valence-electron chi connectivity index (χ2n) is 7.37. The summed E-state index contributed by atoms with van der Waals surface area (Å²) in [7, 11) is 1.59. The number of ether oxygens (including phenoxy) is 1. The molecular formula is C23H29FO. The van der Waals surface area contributed by atoms with Gasteiger partial charge in [-0.3, -0.25) is 0 Å². The smallest absolute Gasteiger partial charge is 0.129 e. The highest BCUT2D eigenvalue weighted by Gasteiger charge is 2.21. The first-order chi connectivity index (χ1) is 12.2. The highest BCUT2D eigenvalue weighted by Crippen LogP contribution is 2.38. The Morgan fingerprint density at radius 3 is 2.24 bits per heavy atom. The zero-order valence-corrected chi connectivity index (χ0v) is 15.4. The lowest BCUT2D eigenvalue weighted by atomic mass is 9.77. The fraction of sp³-hybridized carbons (Fsp3) is 0.478. The summed E-state index contributed by atoms with van der Waals surface area (Å²) < 4.78 is 19.1. The molecule has 0 aromatic heterocycles. The van der Waals surface area contributed by atoms with E-state index in [1.165, 1.54) is 44.1 Å². The monoisotopic (exact) mass is 340 g/mol. The third-order valence-electron chi connectivity index (χ3n) is 5.61. The summed E-state index contributed by atoms with van der Waals surface area (Å²) in [5.74, 6) is 1.44. The molecular weight excluding hydrogens is 311 g/mol. The second kappa shape index (κ2) is 8.62. The minimum absolute atomic E-state index is 0.197. The molecule has 0 spiro atoms. The third kappa shape index (κ3) is 4.49. The lowest BCUT2D eigenvalue weighted by Gasteiger charge is -2.28. The quantitative estimate of drug-likeness (QED) is 0.567. The molecule has 1 aliphatic rings. The summed E-state index contributed by atoms with van der Waals surface area (Å²) in [6, 6.07) is 14.2. The van der Waals surface area contributed by atoms with Gasteiger partial charge in [0.25, 0.3) is 0 Å². The summed E-state index contributed by atoms with van der Waals surface area (Å²) in [4.78, 5) is 0. The summed E-state index contributed by atoms with van der Waals surface area (Å²) in [6.07, 6.45) is 8.05. The Hall–Kier alpha value is -1.67. The van der Waals surface area contributed by atoms with E-state index in [9.17, 15) is 4.39 Å². The van der Waals surface area contributed by atoms with Gasteiger partial charge < -0.3 is 4.74 Å². The molecule has 0 saturated heterocycles. The molecule has 0 radical (unpaired) electrons. The number of hydrogen-bond acceptors (Lipinski definition) is 1. The molecule has 2 aromatic carbocycles. The lowest BCUT2D eigenvalue weighted by molar-refractivity contribution is 0.181. The molecule has 0 unspecified atom stereocenters. The van der Waals surface area contributed by atoms with Gasteiger partial charge in [0.15, 0.2) is 0 Å². The molecule has 1 fully saturated rings. The zero-order chi connectivity index (χ0) is 17.6. The van der Waals surface area contributed by atoms with E-state index in [-0.39, 0.29) is 5.82 Å². The van der Waals surface area contributed by atoms with Crippen LogP contribution in [-0.4, -0.2) is 7.11 Å². The predicted molar refractivity (Wildman–Crippen MR) is 102 cm³/mol. The number of methoxy groups -OCH3 is 1. The number of halogens is 1. The van der Waals surface area contributed by atoms with Crippen LogP contribution in [0.4, 0.5) is 4.39 Å². The Balaban J connectivity index is 1.67. The van der Waals surface area contributed by atoms with Crippen molar-refractivity contribution in [1.29, 1.82) is 0 Å². The average molecular weight is 340 g/mol. The van der Waals surface area contributed by atoms with Crippen molar-refractivity contribution in [3.63, 3.8) is 0 Å². The van der Waals surface area contributed by atoms with Crippen molar-refractivity contribution in [1.82, 2.24) is 0 Å². The van der Waals surface area contributed by atoms with Crippen LogP contribution in [0.25, 0.3) is 11.1 Å². The number of hydrogen-bond donors (Lipinski definition) is 0. The fourth-order valence-electron chi connectivity index (χ4n) is 4.14. The lowest BCUT2D eigenvalue weighted by Crippen LogP contribution is -2.13. The fourth-order valence-corrected chi connectivity index (χ4v) is 4.14. The molecule has 25 heavy (non-hydrogen) atoms. The first-order valence-corrected chi connectivity index (χ1v) is 9.59. The Bertz CT molecular complexity index is 669. The molecule has 0 aliphatic heterocycles. The maximum absolute atomic E-state index is 14.1. The van der Waals surface area contributed by atoms with Gasteiger partial charge in [-0.2, -0.15) is 0 Å². The minimum atomic E-state index is -0.197. The van der Waals surface area contributed by atoms with E-state index >= 15 is 0 Å². The summed E-state index contributed by atoms with van der Waals surface area (Å²) >= 11 is 0. The molecule has 0 N–H and O–H groups in total. The van der Waals surface area contributed by atoms with Crippen LogP contribution in [0.2, 0.25) is 0 Å². The van der Waals surface area contributed by atoms with Gasteiger partial charge >= 0.3 is 0 Å². The van der Waals surface area contributed by atoms with Crippen LogP contribution in [0.1, 0.15) is 62.5 Å². The molecule has 3 rings (SSSR count). The van der Waals surface area contributed by atoms with Crippen molar-refractivity contribution < 1.29 is 9.13 Å². The Kier molecular flexibility index (Phi) is 6.25. The van der Waals surface area contributed by atoms with E-state index < -0.39 is 0 Å². The van der Waals surface area contributed by atoms with Gasteiger partial charge in [-0.1, -0.05) is 56.2 Å². The van der Waals surface area contributed by atoms with Crippen molar-refractivity contribution in [3.05, 3.63) is 59.4 Å². The molecule has 1 aliphatic carbocycles. The largest absolute Gasteiger partial charge is 0.380 e. The van der Waals surface area contributed by atoms with Crippen LogP contribution >= 0.6 is 0 Å². The van der Waals surface area contributed by atoms with E-state index in [0.29, 0.717) is 18.1 Å². The molecule has 1 saturated carbocycles. The van der Waals surface area contributed by atoms with Crippen LogP contribution in [0.15, 0.2) is 42.5 Å². The number of benzene rings is 2. The average Bonchev–Trinajstić information content (AvgIpc) is 2.65. The molecule has 2 aromatic rings. The van der Waals surface area contributed by atoms with Crippen molar-refractivity contribution in [3.8, 4) is 11.1 Å². The SMILES string of the molecule is CCCC1CCC(c2ccc(-c3ccc(COC)c(F)c3)cc2)CC1. The topological polar surface area (TPSA) is 9.23 Å². The zero-order valence-electron chi connectivity index (χ0n) is 15.4. The van der Waals surface area contributed by atoms with Gasteiger partial charge in [0.05, 0.1) is 6.61 Å². The highest BCUT2D eigenvalue weighted by atomic mass is 19.1. The van der Waals surface area contributed by atoms with E-state index in [0.717, 1.165) is 17.0 Å². The normalized spacial score (nSPS) is 20.6. The minimum Gasteiger partial charge on any atom is -0.380 e. The van der Waals surface area contributed by atoms with Crippen molar-refractivity contribution in [2.24, 2.45) is 5.92 Å². The van der Waals surface area contributed by atoms with Crippen LogP contribution in [0.3, 0.4) is 0 Å². The third-order valence-corrected chi connectivity index (χ3v) is 5.61. The van der Waals surface area contributed by atoms with E-state index in [2.05, 4.69) is 31.2 Å². The standard InChI is InChI=1S/C23H29FO/c1-3-4-17-5-7-18(8-6-17)19-9-11-20(12-10-19)21-13-14-22(16-25-2)23(24)15-21/h9-15,17-18H,3-8,16H2,1-2H3. The van der Waals surface area contributed by atoms with Gasteiger partial charge in [-0.25, -0.2) is 4.39 Å². The van der Waals surface area contributed by atoms with Gasteiger partial charge in [-0.15, -0.1) is 0 Å². The van der Waals surface area contributed by atoms with Crippen LogP contribution in [0.5, 0.6) is 0 Å². The maximum atomic E-state index is 14.1. The highest BCUT2D eigenvalue weighted by molar-refractivity contribution is 5.64. The molecule has 0 bridgehead atoms.